The molecule has 0 aliphatic carbocycles. The lowest BCUT2D eigenvalue weighted by Crippen LogP contribution is -2.62. The molecule has 13 heavy (non-hydrogen) atoms. The van der Waals surface area contributed by atoms with E-state index in [9.17, 15) is 5.11 Å². The first kappa shape index (κ1) is 11.7. The number of aliphatic hydroxyl groups is 1. The van der Waals surface area contributed by atoms with Crippen LogP contribution in [0.15, 0.2) is 0 Å². The normalized spacial score (nSPS) is 31.6. The summed E-state index contributed by atoms with van der Waals surface area (Å²) < 4.78 is -0.544. The van der Waals surface area contributed by atoms with Crippen molar-refractivity contribution in [3.05, 3.63) is 0 Å². The van der Waals surface area contributed by atoms with Crippen molar-refractivity contribution in [3.8, 4) is 0 Å². The first-order chi connectivity index (χ1) is 5.57. The minimum atomic E-state index is -0.544. The molecule has 0 unspecified atom stereocenters. The SMILES string of the molecule is CN1C(C)(C)CC(O)(I)CC1(C)C. The van der Waals surface area contributed by atoms with Crippen LogP contribution in [0, 0.1) is 0 Å². The van der Waals surface area contributed by atoms with Crippen LogP contribution in [0.1, 0.15) is 40.5 Å². The third-order valence-corrected chi connectivity index (χ3v) is 3.99. The molecule has 2 nitrogen and oxygen atoms in total. The molecular formula is C10H20INO. The third-order valence-electron chi connectivity index (χ3n) is 3.22. The quantitative estimate of drug-likeness (QED) is 0.548. The summed E-state index contributed by atoms with van der Waals surface area (Å²) in [7, 11) is 2.14. The van der Waals surface area contributed by atoms with Crippen molar-refractivity contribution >= 4 is 22.6 Å². The van der Waals surface area contributed by atoms with Crippen LogP contribution in [0.5, 0.6) is 0 Å². The summed E-state index contributed by atoms with van der Waals surface area (Å²) in [5.74, 6) is 0. The second-order valence-corrected chi connectivity index (χ2v) is 7.46. The van der Waals surface area contributed by atoms with Gasteiger partial charge in [0.1, 0.15) is 3.61 Å². The van der Waals surface area contributed by atoms with E-state index < -0.39 is 3.61 Å². The Labute approximate surface area is 94.8 Å². The number of alkyl halides is 1. The summed E-state index contributed by atoms with van der Waals surface area (Å²) in [5, 5.41) is 10.1. The molecule has 0 radical (unpaired) electrons. The van der Waals surface area contributed by atoms with Crippen LogP contribution in [0.3, 0.4) is 0 Å². The predicted octanol–water partition coefficient (Wildman–Crippen LogP) is 2.39. The van der Waals surface area contributed by atoms with Gasteiger partial charge in [0.05, 0.1) is 0 Å². The van der Waals surface area contributed by atoms with Gasteiger partial charge < -0.3 is 5.11 Å². The van der Waals surface area contributed by atoms with Gasteiger partial charge in [-0.3, -0.25) is 4.90 Å². The molecule has 0 aromatic carbocycles. The first-order valence-corrected chi connectivity index (χ1v) is 5.80. The van der Waals surface area contributed by atoms with Crippen molar-refractivity contribution in [3.63, 3.8) is 0 Å². The highest BCUT2D eigenvalue weighted by molar-refractivity contribution is 14.1. The lowest BCUT2D eigenvalue weighted by atomic mass is 9.79. The van der Waals surface area contributed by atoms with E-state index in [1.807, 2.05) is 0 Å². The molecule has 0 bridgehead atoms. The van der Waals surface area contributed by atoms with E-state index in [1.165, 1.54) is 0 Å². The number of rotatable bonds is 0. The molecular weight excluding hydrogens is 277 g/mol. The highest BCUT2D eigenvalue weighted by Gasteiger charge is 2.48. The van der Waals surface area contributed by atoms with Crippen LogP contribution in [-0.4, -0.2) is 31.7 Å². The van der Waals surface area contributed by atoms with Gasteiger partial charge in [0.15, 0.2) is 0 Å². The number of likely N-dealkylation sites (tertiary alicyclic amines) is 1. The molecule has 1 heterocycles. The predicted molar refractivity (Wildman–Crippen MR) is 64.1 cm³/mol. The Morgan fingerprint density at radius 3 is 1.69 bits per heavy atom. The average molecular weight is 297 g/mol. The fraction of sp³-hybridized carbons (Fsp3) is 1.00. The second kappa shape index (κ2) is 3.07. The van der Waals surface area contributed by atoms with Gasteiger partial charge in [-0.15, -0.1) is 0 Å². The van der Waals surface area contributed by atoms with Crippen LogP contribution >= 0.6 is 22.6 Å². The number of nitrogens with zero attached hydrogens (tertiary/aromatic N) is 1. The Balaban J connectivity index is 2.96. The van der Waals surface area contributed by atoms with E-state index >= 15 is 0 Å². The number of hydrogen-bond acceptors (Lipinski definition) is 2. The summed E-state index contributed by atoms with van der Waals surface area (Å²) in [5.41, 5.74) is 0.162. The maximum absolute atomic E-state index is 10.1. The molecule has 1 rings (SSSR count). The molecule has 0 saturated carbocycles. The lowest BCUT2D eigenvalue weighted by Gasteiger charge is -2.55. The summed E-state index contributed by atoms with van der Waals surface area (Å²) in [6.45, 7) is 8.77. The Bertz CT molecular complexity index is 191. The molecule has 0 aromatic rings. The molecule has 0 atom stereocenters. The molecule has 0 spiro atoms. The van der Waals surface area contributed by atoms with Crippen molar-refractivity contribution in [1.29, 1.82) is 0 Å². The summed E-state index contributed by atoms with van der Waals surface area (Å²) in [6, 6.07) is 0. The van der Waals surface area contributed by atoms with Gasteiger partial charge >= 0.3 is 0 Å². The van der Waals surface area contributed by atoms with Crippen LogP contribution in [-0.2, 0) is 0 Å². The van der Waals surface area contributed by atoms with E-state index in [0.29, 0.717) is 0 Å². The van der Waals surface area contributed by atoms with Crippen molar-refractivity contribution in [2.24, 2.45) is 0 Å². The molecule has 0 aromatic heterocycles. The zero-order chi connectivity index (χ0) is 10.5. The molecule has 0 amide bonds. The fourth-order valence-corrected chi connectivity index (χ4v) is 4.31. The van der Waals surface area contributed by atoms with Crippen molar-refractivity contribution < 1.29 is 5.11 Å². The average Bonchev–Trinajstić information content (AvgIpc) is 1.77. The van der Waals surface area contributed by atoms with Gasteiger partial charge in [-0.2, -0.15) is 0 Å². The Morgan fingerprint density at radius 1 is 1.08 bits per heavy atom. The first-order valence-electron chi connectivity index (χ1n) is 4.72. The van der Waals surface area contributed by atoms with Gasteiger partial charge in [-0.05, 0) is 57.3 Å². The van der Waals surface area contributed by atoms with Gasteiger partial charge in [-0.1, -0.05) is 0 Å². The summed E-state index contributed by atoms with van der Waals surface area (Å²) in [4.78, 5) is 2.37. The van der Waals surface area contributed by atoms with E-state index in [1.54, 1.807) is 0 Å². The number of hydrogen-bond donors (Lipinski definition) is 1. The van der Waals surface area contributed by atoms with E-state index in [-0.39, 0.29) is 11.1 Å². The zero-order valence-electron chi connectivity index (χ0n) is 9.19. The molecule has 1 N–H and O–H groups in total. The van der Waals surface area contributed by atoms with Gasteiger partial charge in [0, 0.05) is 23.9 Å². The van der Waals surface area contributed by atoms with E-state index in [2.05, 4.69) is 62.2 Å². The minimum Gasteiger partial charge on any atom is -0.379 e. The topological polar surface area (TPSA) is 23.5 Å². The van der Waals surface area contributed by atoms with Gasteiger partial charge in [0.2, 0.25) is 0 Å². The van der Waals surface area contributed by atoms with Crippen LogP contribution < -0.4 is 0 Å². The Kier molecular flexibility index (Phi) is 2.77. The molecule has 1 aliphatic heterocycles. The van der Waals surface area contributed by atoms with Crippen molar-refractivity contribution in [2.45, 2.75) is 55.2 Å². The molecule has 1 saturated heterocycles. The van der Waals surface area contributed by atoms with Crippen molar-refractivity contribution in [2.75, 3.05) is 7.05 Å². The standard InChI is InChI=1S/C10H20INO/c1-8(2)6-10(11,13)7-9(3,4)12(8)5/h13H,6-7H2,1-5H3. The molecule has 3 heteroatoms. The van der Waals surface area contributed by atoms with Gasteiger partial charge in [-0.25, -0.2) is 0 Å². The molecule has 1 fully saturated rings. The fourth-order valence-electron chi connectivity index (χ4n) is 2.44. The number of halogens is 1. The smallest absolute Gasteiger partial charge is 0.119 e. The molecule has 78 valence electrons. The van der Waals surface area contributed by atoms with Gasteiger partial charge in [0.25, 0.3) is 0 Å². The molecule has 1 aliphatic rings. The monoisotopic (exact) mass is 297 g/mol. The van der Waals surface area contributed by atoms with E-state index in [4.69, 9.17) is 0 Å². The Hall–Kier alpha value is 0.650. The largest absolute Gasteiger partial charge is 0.379 e. The maximum atomic E-state index is 10.1. The number of piperidine rings is 1. The minimum absolute atomic E-state index is 0.0810. The summed E-state index contributed by atoms with van der Waals surface area (Å²) in [6.07, 6.45) is 1.67. The maximum Gasteiger partial charge on any atom is 0.119 e. The van der Waals surface area contributed by atoms with E-state index in [0.717, 1.165) is 12.8 Å². The van der Waals surface area contributed by atoms with Crippen LogP contribution in [0.4, 0.5) is 0 Å². The zero-order valence-corrected chi connectivity index (χ0v) is 11.3. The highest BCUT2D eigenvalue weighted by Crippen LogP contribution is 2.45. The highest BCUT2D eigenvalue weighted by atomic mass is 127. The van der Waals surface area contributed by atoms with Crippen LogP contribution in [0.25, 0.3) is 0 Å². The Morgan fingerprint density at radius 2 is 1.38 bits per heavy atom. The van der Waals surface area contributed by atoms with Crippen LogP contribution in [0.2, 0.25) is 0 Å². The summed E-state index contributed by atoms with van der Waals surface area (Å²) >= 11 is 2.18. The van der Waals surface area contributed by atoms with Crippen molar-refractivity contribution in [1.82, 2.24) is 4.90 Å². The third kappa shape index (κ3) is 2.36. The lowest BCUT2D eigenvalue weighted by molar-refractivity contribution is -0.0718. The second-order valence-electron chi connectivity index (χ2n) is 5.46.